The van der Waals surface area contributed by atoms with Gasteiger partial charge in [0.15, 0.2) is 0 Å². The lowest BCUT2D eigenvalue weighted by Gasteiger charge is -2.22. The fraction of sp³-hybridized carbons (Fsp3) is 0.385. The van der Waals surface area contributed by atoms with Crippen LogP contribution in [0.5, 0.6) is 0 Å². The minimum atomic E-state index is -0.350. The summed E-state index contributed by atoms with van der Waals surface area (Å²) in [5.74, 6) is 0.0510. The molecule has 1 amide bonds. The van der Waals surface area contributed by atoms with Gasteiger partial charge in [-0.1, -0.05) is 6.07 Å². The van der Waals surface area contributed by atoms with E-state index in [9.17, 15) is 4.79 Å². The van der Waals surface area contributed by atoms with Crippen molar-refractivity contribution in [2.24, 2.45) is 11.1 Å². The highest BCUT2D eigenvalue weighted by Gasteiger charge is 2.50. The second-order valence-electron chi connectivity index (χ2n) is 4.51. The number of nitriles is 1. The van der Waals surface area contributed by atoms with Crippen molar-refractivity contribution in [1.82, 2.24) is 0 Å². The number of rotatable bonds is 3. The van der Waals surface area contributed by atoms with Crippen LogP contribution in [0, 0.1) is 16.7 Å². The molecule has 88 valence electrons. The van der Waals surface area contributed by atoms with E-state index in [0.29, 0.717) is 12.1 Å². The van der Waals surface area contributed by atoms with Gasteiger partial charge in [-0.3, -0.25) is 4.79 Å². The molecule has 0 bridgehead atoms. The minimum absolute atomic E-state index is 0.0510. The number of nitrogens with zero attached hydrogens (tertiary/aromatic N) is 2. The number of carbonyl (C=O) groups excluding carboxylic acids is 1. The predicted molar refractivity (Wildman–Crippen MR) is 65.3 cm³/mol. The van der Waals surface area contributed by atoms with Crippen molar-refractivity contribution in [3.05, 3.63) is 29.8 Å². The number of amides is 1. The molecule has 1 aliphatic carbocycles. The van der Waals surface area contributed by atoms with Gasteiger partial charge in [-0.2, -0.15) is 5.26 Å². The molecule has 0 saturated heterocycles. The van der Waals surface area contributed by atoms with E-state index in [1.165, 1.54) is 0 Å². The molecule has 1 saturated carbocycles. The molecule has 0 atom stereocenters. The third kappa shape index (κ3) is 2.02. The SMILES string of the molecule is CN(C(=O)C1(CN)CC1)c1cccc(C#N)c1. The summed E-state index contributed by atoms with van der Waals surface area (Å²) < 4.78 is 0. The van der Waals surface area contributed by atoms with Crippen LogP contribution in [0.2, 0.25) is 0 Å². The Hall–Kier alpha value is -1.86. The Balaban J connectivity index is 2.22. The maximum atomic E-state index is 12.2. The Morgan fingerprint density at radius 1 is 1.59 bits per heavy atom. The third-order valence-electron chi connectivity index (χ3n) is 3.37. The summed E-state index contributed by atoms with van der Waals surface area (Å²) in [6.45, 7) is 0.397. The first-order chi connectivity index (χ1) is 8.13. The molecule has 2 N–H and O–H groups in total. The molecular weight excluding hydrogens is 214 g/mol. The molecule has 0 heterocycles. The van der Waals surface area contributed by atoms with E-state index in [1.807, 2.05) is 6.07 Å². The van der Waals surface area contributed by atoms with Crippen molar-refractivity contribution in [3.8, 4) is 6.07 Å². The highest BCUT2D eigenvalue weighted by atomic mass is 16.2. The number of nitrogens with two attached hydrogens (primary N) is 1. The zero-order valence-electron chi connectivity index (χ0n) is 9.81. The Labute approximate surface area is 101 Å². The van der Waals surface area contributed by atoms with Gasteiger partial charge in [-0.25, -0.2) is 0 Å². The van der Waals surface area contributed by atoms with Crippen LogP contribution in [-0.4, -0.2) is 19.5 Å². The lowest BCUT2D eigenvalue weighted by molar-refractivity contribution is -0.123. The molecule has 0 aromatic heterocycles. The van der Waals surface area contributed by atoms with Crippen LogP contribution in [-0.2, 0) is 4.79 Å². The summed E-state index contributed by atoms with van der Waals surface area (Å²) in [7, 11) is 1.73. The van der Waals surface area contributed by atoms with E-state index in [1.54, 1.807) is 30.1 Å². The first-order valence-corrected chi connectivity index (χ1v) is 5.61. The van der Waals surface area contributed by atoms with Gasteiger partial charge in [0.25, 0.3) is 0 Å². The number of anilines is 1. The smallest absolute Gasteiger partial charge is 0.234 e. The number of benzene rings is 1. The monoisotopic (exact) mass is 229 g/mol. The summed E-state index contributed by atoms with van der Waals surface area (Å²) in [6.07, 6.45) is 1.73. The van der Waals surface area contributed by atoms with Crippen molar-refractivity contribution in [2.75, 3.05) is 18.5 Å². The molecule has 0 radical (unpaired) electrons. The topological polar surface area (TPSA) is 70.1 Å². The van der Waals surface area contributed by atoms with Gasteiger partial charge in [-0.05, 0) is 31.0 Å². The maximum absolute atomic E-state index is 12.2. The molecule has 1 aromatic rings. The van der Waals surface area contributed by atoms with E-state index < -0.39 is 0 Å². The predicted octanol–water partition coefficient (Wildman–Crippen LogP) is 1.26. The van der Waals surface area contributed by atoms with E-state index in [4.69, 9.17) is 11.0 Å². The van der Waals surface area contributed by atoms with Crippen LogP contribution >= 0.6 is 0 Å². The maximum Gasteiger partial charge on any atom is 0.234 e. The van der Waals surface area contributed by atoms with E-state index in [-0.39, 0.29) is 11.3 Å². The Morgan fingerprint density at radius 3 is 2.82 bits per heavy atom. The zero-order chi connectivity index (χ0) is 12.5. The first kappa shape index (κ1) is 11.6. The highest BCUT2D eigenvalue weighted by molar-refractivity contribution is 5.99. The molecule has 1 aliphatic rings. The van der Waals surface area contributed by atoms with Crippen LogP contribution in [0.3, 0.4) is 0 Å². The normalized spacial score (nSPS) is 16.1. The van der Waals surface area contributed by atoms with Crippen molar-refractivity contribution >= 4 is 11.6 Å². The van der Waals surface area contributed by atoms with E-state index >= 15 is 0 Å². The quantitative estimate of drug-likeness (QED) is 0.848. The molecule has 2 rings (SSSR count). The molecule has 17 heavy (non-hydrogen) atoms. The zero-order valence-corrected chi connectivity index (χ0v) is 9.81. The lowest BCUT2D eigenvalue weighted by atomic mass is 10.1. The van der Waals surface area contributed by atoms with Crippen LogP contribution in [0.4, 0.5) is 5.69 Å². The van der Waals surface area contributed by atoms with Crippen LogP contribution in [0.1, 0.15) is 18.4 Å². The Bertz CT molecular complexity index is 486. The fourth-order valence-corrected chi connectivity index (χ4v) is 1.91. The van der Waals surface area contributed by atoms with Crippen LogP contribution in [0.25, 0.3) is 0 Å². The largest absolute Gasteiger partial charge is 0.329 e. The molecule has 1 aromatic carbocycles. The van der Waals surface area contributed by atoms with E-state index in [0.717, 1.165) is 18.5 Å². The molecule has 0 unspecified atom stereocenters. The van der Waals surface area contributed by atoms with Crippen molar-refractivity contribution in [2.45, 2.75) is 12.8 Å². The molecule has 0 aliphatic heterocycles. The average molecular weight is 229 g/mol. The molecule has 1 fully saturated rings. The number of carbonyl (C=O) groups is 1. The van der Waals surface area contributed by atoms with Gasteiger partial charge < -0.3 is 10.6 Å². The fourth-order valence-electron chi connectivity index (χ4n) is 1.91. The molecule has 4 heteroatoms. The molecule has 0 spiro atoms. The van der Waals surface area contributed by atoms with Gasteiger partial charge in [0.05, 0.1) is 17.0 Å². The lowest BCUT2D eigenvalue weighted by Crippen LogP contribution is -2.38. The van der Waals surface area contributed by atoms with Gasteiger partial charge in [0.2, 0.25) is 5.91 Å². The number of hydrogen-bond acceptors (Lipinski definition) is 3. The molecular formula is C13H15N3O. The van der Waals surface area contributed by atoms with Crippen LogP contribution in [0.15, 0.2) is 24.3 Å². The summed E-state index contributed by atoms with van der Waals surface area (Å²) in [5, 5.41) is 8.83. The molecule has 4 nitrogen and oxygen atoms in total. The van der Waals surface area contributed by atoms with Crippen molar-refractivity contribution in [3.63, 3.8) is 0 Å². The summed E-state index contributed by atoms with van der Waals surface area (Å²) in [6, 6.07) is 9.10. The third-order valence-corrected chi connectivity index (χ3v) is 3.37. The first-order valence-electron chi connectivity index (χ1n) is 5.61. The summed E-state index contributed by atoms with van der Waals surface area (Å²) in [4.78, 5) is 13.8. The van der Waals surface area contributed by atoms with Gasteiger partial charge >= 0.3 is 0 Å². The highest BCUT2D eigenvalue weighted by Crippen LogP contribution is 2.46. The second-order valence-corrected chi connectivity index (χ2v) is 4.51. The van der Waals surface area contributed by atoms with Gasteiger partial charge in [0.1, 0.15) is 0 Å². The van der Waals surface area contributed by atoms with Crippen molar-refractivity contribution < 1.29 is 4.79 Å². The Kier molecular flexibility index (Phi) is 2.86. The van der Waals surface area contributed by atoms with Crippen molar-refractivity contribution in [1.29, 1.82) is 5.26 Å². The van der Waals surface area contributed by atoms with E-state index in [2.05, 4.69) is 6.07 Å². The summed E-state index contributed by atoms with van der Waals surface area (Å²) in [5.41, 5.74) is 6.59. The van der Waals surface area contributed by atoms with Gasteiger partial charge in [0, 0.05) is 19.3 Å². The number of hydrogen-bond donors (Lipinski definition) is 1. The average Bonchev–Trinajstić information content (AvgIpc) is 3.18. The second kappa shape index (κ2) is 4.19. The van der Waals surface area contributed by atoms with Gasteiger partial charge in [-0.15, -0.1) is 0 Å². The standard InChI is InChI=1S/C13H15N3O/c1-16(12(17)13(9-15)5-6-13)11-4-2-3-10(7-11)8-14/h2-4,7H,5-6,9,15H2,1H3. The Morgan fingerprint density at radius 2 is 2.29 bits per heavy atom. The summed E-state index contributed by atoms with van der Waals surface area (Å²) >= 11 is 0. The minimum Gasteiger partial charge on any atom is -0.329 e. The van der Waals surface area contributed by atoms with Crippen LogP contribution < -0.4 is 10.6 Å².